The molecule has 4 heteroatoms. The van der Waals surface area contributed by atoms with Gasteiger partial charge in [-0.3, -0.25) is 4.57 Å². The summed E-state index contributed by atoms with van der Waals surface area (Å²) in [5, 5.41) is 8.17. The molecule has 0 rings (SSSR count). The Hall–Kier alpha value is -0.580. The molecule has 1 unspecified atom stereocenters. The SMILES string of the molecule is C=CCOP(C)(=O)CC#N. The van der Waals surface area contributed by atoms with E-state index in [1.165, 1.54) is 12.7 Å². The minimum Gasteiger partial charge on any atom is -0.324 e. The van der Waals surface area contributed by atoms with Gasteiger partial charge in [0.05, 0.1) is 12.7 Å². The Bertz CT molecular complexity index is 194. The number of hydrogen-bond donors (Lipinski definition) is 0. The molecule has 0 aromatic rings. The monoisotopic (exact) mass is 159 g/mol. The Morgan fingerprint density at radius 1 is 1.90 bits per heavy atom. The molecule has 3 nitrogen and oxygen atoms in total. The van der Waals surface area contributed by atoms with E-state index in [0.717, 1.165) is 0 Å². The van der Waals surface area contributed by atoms with Crippen LogP contribution in [-0.4, -0.2) is 19.4 Å². The highest BCUT2D eigenvalue weighted by Gasteiger charge is 2.13. The molecule has 0 bridgehead atoms. The van der Waals surface area contributed by atoms with Crippen LogP contribution in [0.4, 0.5) is 0 Å². The van der Waals surface area contributed by atoms with Crippen molar-refractivity contribution < 1.29 is 9.09 Å². The molecule has 56 valence electrons. The number of rotatable bonds is 4. The highest BCUT2D eigenvalue weighted by molar-refractivity contribution is 7.58. The lowest BCUT2D eigenvalue weighted by atomic mass is 10.7. The van der Waals surface area contributed by atoms with Crippen molar-refractivity contribution in [2.75, 3.05) is 19.4 Å². The van der Waals surface area contributed by atoms with Crippen molar-refractivity contribution in [1.29, 1.82) is 5.26 Å². The first-order chi connectivity index (χ1) is 4.62. The van der Waals surface area contributed by atoms with E-state index in [1.807, 2.05) is 0 Å². The third kappa shape index (κ3) is 4.31. The summed E-state index contributed by atoms with van der Waals surface area (Å²) in [6.07, 6.45) is 1.48. The zero-order chi connectivity index (χ0) is 8.04. The maximum absolute atomic E-state index is 11.1. The normalized spacial score (nSPS) is 15.2. The molecule has 0 fully saturated rings. The van der Waals surface area contributed by atoms with Crippen molar-refractivity contribution in [3.05, 3.63) is 12.7 Å². The van der Waals surface area contributed by atoms with Crippen molar-refractivity contribution in [1.82, 2.24) is 0 Å². The van der Waals surface area contributed by atoms with Gasteiger partial charge in [-0.25, -0.2) is 0 Å². The predicted molar refractivity (Wildman–Crippen MR) is 40.2 cm³/mol. The Balaban J connectivity index is 3.77. The highest BCUT2D eigenvalue weighted by atomic mass is 31.2. The summed E-state index contributed by atoms with van der Waals surface area (Å²) in [5.41, 5.74) is 0. The minimum atomic E-state index is -2.64. The van der Waals surface area contributed by atoms with E-state index in [2.05, 4.69) is 6.58 Å². The van der Waals surface area contributed by atoms with Crippen molar-refractivity contribution in [3.63, 3.8) is 0 Å². The van der Waals surface area contributed by atoms with Gasteiger partial charge in [0.2, 0.25) is 7.37 Å². The molecule has 0 aliphatic heterocycles. The zero-order valence-electron chi connectivity index (χ0n) is 5.91. The summed E-state index contributed by atoms with van der Waals surface area (Å²) in [5.74, 6) is 0. The van der Waals surface area contributed by atoms with Crippen molar-refractivity contribution in [2.24, 2.45) is 0 Å². The zero-order valence-corrected chi connectivity index (χ0v) is 6.80. The number of hydrogen-bond acceptors (Lipinski definition) is 3. The van der Waals surface area contributed by atoms with E-state index in [4.69, 9.17) is 9.79 Å². The van der Waals surface area contributed by atoms with Crippen molar-refractivity contribution in [3.8, 4) is 6.07 Å². The van der Waals surface area contributed by atoms with Gasteiger partial charge in [0.1, 0.15) is 6.16 Å². The second-order valence-corrected chi connectivity index (χ2v) is 4.52. The third-order valence-electron chi connectivity index (χ3n) is 0.823. The van der Waals surface area contributed by atoms with Crippen LogP contribution in [0.2, 0.25) is 0 Å². The van der Waals surface area contributed by atoms with Crippen LogP contribution in [-0.2, 0) is 9.09 Å². The summed E-state index contributed by atoms with van der Waals surface area (Å²) < 4.78 is 15.9. The summed E-state index contributed by atoms with van der Waals surface area (Å²) in [7, 11) is -2.64. The van der Waals surface area contributed by atoms with Gasteiger partial charge in [-0.1, -0.05) is 6.08 Å². The van der Waals surface area contributed by atoms with Crippen LogP contribution in [0.5, 0.6) is 0 Å². The van der Waals surface area contributed by atoms with E-state index in [1.54, 1.807) is 6.07 Å². The summed E-state index contributed by atoms with van der Waals surface area (Å²) in [4.78, 5) is 0. The quantitative estimate of drug-likeness (QED) is 0.462. The number of nitrogens with zero attached hydrogens (tertiary/aromatic N) is 1. The fraction of sp³-hybridized carbons (Fsp3) is 0.500. The van der Waals surface area contributed by atoms with Gasteiger partial charge in [-0.2, -0.15) is 5.26 Å². The largest absolute Gasteiger partial charge is 0.324 e. The average Bonchev–Trinajstić information content (AvgIpc) is 1.84. The molecule has 0 N–H and O–H groups in total. The third-order valence-corrected chi connectivity index (χ3v) is 2.23. The van der Waals surface area contributed by atoms with Gasteiger partial charge < -0.3 is 4.52 Å². The molecule has 0 radical (unpaired) electrons. The van der Waals surface area contributed by atoms with Crippen LogP contribution in [0.3, 0.4) is 0 Å². The summed E-state index contributed by atoms with van der Waals surface area (Å²) in [6.45, 7) is 5.08. The predicted octanol–water partition coefficient (Wildman–Crippen LogP) is 1.62. The molecule has 0 aromatic heterocycles. The topological polar surface area (TPSA) is 50.1 Å². The lowest BCUT2D eigenvalue weighted by Crippen LogP contribution is -1.91. The van der Waals surface area contributed by atoms with Crippen LogP contribution in [0, 0.1) is 11.3 Å². The van der Waals surface area contributed by atoms with Crippen molar-refractivity contribution in [2.45, 2.75) is 0 Å². The van der Waals surface area contributed by atoms with Crippen LogP contribution < -0.4 is 0 Å². The van der Waals surface area contributed by atoms with Gasteiger partial charge in [0.25, 0.3) is 0 Å². The van der Waals surface area contributed by atoms with Crippen LogP contribution in [0.1, 0.15) is 0 Å². The summed E-state index contributed by atoms with van der Waals surface area (Å²) >= 11 is 0. The molecular formula is C6H10NO2P. The molecule has 0 aromatic carbocycles. The van der Waals surface area contributed by atoms with Crippen molar-refractivity contribution >= 4 is 7.37 Å². The van der Waals surface area contributed by atoms with E-state index in [0.29, 0.717) is 0 Å². The lowest BCUT2D eigenvalue weighted by Gasteiger charge is -2.06. The van der Waals surface area contributed by atoms with Gasteiger partial charge in [0.15, 0.2) is 0 Å². The van der Waals surface area contributed by atoms with Gasteiger partial charge in [-0.05, 0) is 0 Å². The maximum Gasteiger partial charge on any atom is 0.214 e. The van der Waals surface area contributed by atoms with Gasteiger partial charge in [0, 0.05) is 6.66 Å². The van der Waals surface area contributed by atoms with Crippen LogP contribution in [0.15, 0.2) is 12.7 Å². The average molecular weight is 159 g/mol. The molecule has 10 heavy (non-hydrogen) atoms. The Labute approximate surface area is 60.8 Å². The minimum absolute atomic E-state index is 0.0269. The molecule has 0 aliphatic carbocycles. The fourth-order valence-corrected chi connectivity index (χ4v) is 1.15. The molecule has 0 saturated carbocycles. The Morgan fingerprint density at radius 2 is 2.50 bits per heavy atom. The highest BCUT2D eigenvalue weighted by Crippen LogP contribution is 2.41. The second-order valence-electron chi connectivity index (χ2n) is 1.91. The molecule has 0 aliphatic rings. The Morgan fingerprint density at radius 3 is 2.90 bits per heavy atom. The van der Waals surface area contributed by atoms with Crippen LogP contribution in [0.25, 0.3) is 0 Å². The fourth-order valence-electron chi connectivity index (χ4n) is 0.384. The van der Waals surface area contributed by atoms with Gasteiger partial charge >= 0.3 is 0 Å². The molecule has 0 heterocycles. The molecule has 0 saturated heterocycles. The molecule has 0 amide bonds. The maximum atomic E-state index is 11.1. The molecular weight excluding hydrogens is 149 g/mol. The lowest BCUT2D eigenvalue weighted by molar-refractivity contribution is 0.359. The van der Waals surface area contributed by atoms with E-state index < -0.39 is 7.37 Å². The molecule has 1 atom stereocenters. The summed E-state index contributed by atoms with van der Waals surface area (Å²) in [6, 6.07) is 1.79. The molecule has 0 spiro atoms. The van der Waals surface area contributed by atoms with E-state index >= 15 is 0 Å². The first-order valence-corrected chi connectivity index (χ1v) is 5.07. The smallest absolute Gasteiger partial charge is 0.214 e. The van der Waals surface area contributed by atoms with Gasteiger partial charge in [-0.15, -0.1) is 6.58 Å². The number of nitriles is 1. The standard InChI is InChI=1S/C6H10NO2P/c1-3-5-9-10(2,8)6-4-7/h3H,1,5-6H2,2H3. The van der Waals surface area contributed by atoms with E-state index in [-0.39, 0.29) is 12.8 Å². The van der Waals surface area contributed by atoms with Crippen LogP contribution >= 0.6 is 7.37 Å². The van der Waals surface area contributed by atoms with E-state index in [9.17, 15) is 4.57 Å². The first-order valence-electron chi connectivity index (χ1n) is 2.81. The first kappa shape index (κ1) is 9.42. The second kappa shape index (κ2) is 4.27. The Kier molecular flexibility index (Phi) is 4.02.